The van der Waals surface area contributed by atoms with Crippen molar-refractivity contribution in [1.82, 2.24) is 10.6 Å². The minimum absolute atomic E-state index is 0.0378. The van der Waals surface area contributed by atoms with Crippen molar-refractivity contribution >= 4 is 11.6 Å². The number of carbonyl (C=O) groups excluding carboxylic acids is 1. The van der Waals surface area contributed by atoms with Crippen molar-refractivity contribution < 1.29 is 14.5 Å². The maximum atomic E-state index is 11.4. The number of nitro groups is 1. The molecule has 112 valence electrons. The highest BCUT2D eigenvalue weighted by Crippen LogP contribution is 2.24. The topological polar surface area (TPSA) is 117 Å². The number of nitrogens with one attached hydrogen (secondary N) is 2. The summed E-state index contributed by atoms with van der Waals surface area (Å²) in [5, 5.41) is 24.5. The lowest BCUT2D eigenvalue weighted by Crippen LogP contribution is -2.29. The van der Waals surface area contributed by atoms with Crippen molar-refractivity contribution in [2.75, 3.05) is 19.7 Å². The molecule has 1 rings (SSSR count). The maximum absolute atomic E-state index is 11.4. The molecular weight excluding hydrogens is 276 g/mol. The zero-order valence-corrected chi connectivity index (χ0v) is 11.6. The third-order valence-electron chi connectivity index (χ3n) is 2.54. The Bertz CT molecular complexity index is 554. The molecule has 0 aromatic heterocycles. The summed E-state index contributed by atoms with van der Waals surface area (Å²) in [4.78, 5) is 21.6. The van der Waals surface area contributed by atoms with Crippen LogP contribution < -0.4 is 15.4 Å². The summed E-state index contributed by atoms with van der Waals surface area (Å²) in [6, 6.07) is 5.97. The molecule has 8 heteroatoms. The molecule has 0 aliphatic carbocycles. The predicted octanol–water partition coefficient (Wildman–Crippen LogP) is 0.723. The van der Waals surface area contributed by atoms with Crippen molar-refractivity contribution in [2.24, 2.45) is 0 Å². The Morgan fingerprint density at radius 2 is 2.29 bits per heavy atom. The van der Waals surface area contributed by atoms with Gasteiger partial charge in [0.15, 0.2) is 6.61 Å². The first kappa shape index (κ1) is 16.4. The van der Waals surface area contributed by atoms with Gasteiger partial charge in [-0.15, -0.1) is 0 Å². The number of nitrogens with zero attached hydrogens (tertiary/aromatic N) is 2. The largest absolute Gasteiger partial charge is 0.483 e. The van der Waals surface area contributed by atoms with E-state index in [-0.39, 0.29) is 18.8 Å². The number of benzene rings is 1. The second kappa shape index (κ2) is 8.50. The van der Waals surface area contributed by atoms with Crippen LogP contribution in [-0.4, -0.2) is 30.5 Å². The van der Waals surface area contributed by atoms with E-state index in [4.69, 9.17) is 10.00 Å². The zero-order chi connectivity index (χ0) is 15.7. The summed E-state index contributed by atoms with van der Waals surface area (Å²) < 4.78 is 5.34. The van der Waals surface area contributed by atoms with Gasteiger partial charge in [-0.05, 0) is 12.6 Å². The summed E-state index contributed by atoms with van der Waals surface area (Å²) >= 11 is 0. The van der Waals surface area contributed by atoms with E-state index in [0.29, 0.717) is 24.4 Å². The smallest absolute Gasteiger partial charge is 0.270 e. The Balaban J connectivity index is 2.77. The van der Waals surface area contributed by atoms with Crippen molar-refractivity contribution in [3.63, 3.8) is 0 Å². The fraction of sp³-hybridized carbons (Fsp3) is 0.385. The average molecular weight is 292 g/mol. The Hall–Kier alpha value is -2.66. The summed E-state index contributed by atoms with van der Waals surface area (Å²) in [5.41, 5.74) is 0.559. The lowest BCUT2D eigenvalue weighted by atomic mass is 10.1. The minimum atomic E-state index is -0.487. The summed E-state index contributed by atoms with van der Waals surface area (Å²) in [6.07, 6.45) is 0. The monoisotopic (exact) mass is 292 g/mol. The molecule has 0 aliphatic rings. The van der Waals surface area contributed by atoms with E-state index in [0.717, 1.165) is 0 Å². The average Bonchev–Trinajstić information content (AvgIpc) is 2.48. The van der Waals surface area contributed by atoms with Gasteiger partial charge in [0.05, 0.1) is 11.0 Å². The molecule has 0 unspecified atom stereocenters. The molecule has 0 saturated heterocycles. The standard InChI is InChI=1S/C13H16N4O4/c1-2-15-8-10-7-11(17(19)20)3-4-12(10)21-9-13(18)16-6-5-14/h3-4,7,15H,2,6,8-9H2,1H3,(H,16,18). The maximum Gasteiger partial charge on any atom is 0.270 e. The van der Waals surface area contributed by atoms with Gasteiger partial charge in [-0.25, -0.2) is 0 Å². The van der Waals surface area contributed by atoms with Crippen LogP contribution >= 0.6 is 0 Å². The van der Waals surface area contributed by atoms with Crippen LogP contribution in [0.2, 0.25) is 0 Å². The third-order valence-corrected chi connectivity index (χ3v) is 2.54. The fourth-order valence-corrected chi connectivity index (χ4v) is 1.55. The molecule has 1 aromatic carbocycles. The highest BCUT2D eigenvalue weighted by molar-refractivity contribution is 5.77. The number of hydrogen-bond acceptors (Lipinski definition) is 6. The number of carbonyl (C=O) groups is 1. The molecule has 0 radical (unpaired) electrons. The van der Waals surface area contributed by atoms with Crippen LogP contribution in [0.4, 0.5) is 5.69 Å². The van der Waals surface area contributed by atoms with Gasteiger partial charge in [0.25, 0.3) is 11.6 Å². The Morgan fingerprint density at radius 1 is 1.52 bits per heavy atom. The van der Waals surface area contributed by atoms with E-state index < -0.39 is 10.8 Å². The first-order valence-electron chi connectivity index (χ1n) is 6.33. The van der Waals surface area contributed by atoms with E-state index in [9.17, 15) is 14.9 Å². The number of nitro benzene ring substituents is 1. The van der Waals surface area contributed by atoms with Crippen LogP contribution in [0.25, 0.3) is 0 Å². The molecule has 8 nitrogen and oxygen atoms in total. The van der Waals surface area contributed by atoms with E-state index >= 15 is 0 Å². The van der Waals surface area contributed by atoms with Crippen molar-refractivity contribution in [2.45, 2.75) is 13.5 Å². The van der Waals surface area contributed by atoms with Gasteiger partial charge in [-0.2, -0.15) is 5.26 Å². The second-order valence-corrected chi connectivity index (χ2v) is 4.05. The summed E-state index contributed by atoms with van der Waals surface area (Å²) in [6.45, 7) is 2.66. The van der Waals surface area contributed by atoms with Crippen molar-refractivity contribution in [3.05, 3.63) is 33.9 Å². The van der Waals surface area contributed by atoms with E-state index in [1.165, 1.54) is 18.2 Å². The van der Waals surface area contributed by atoms with Gasteiger partial charge in [-0.1, -0.05) is 6.92 Å². The van der Waals surface area contributed by atoms with Gasteiger partial charge < -0.3 is 15.4 Å². The van der Waals surface area contributed by atoms with Crippen LogP contribution in [0.15, 0.2) is 18.2 Å². The fourth-order valence-electron chi connectivity index (χ4n) is 1.55. The van der Waals surface area contributed by atoms with Crippen LogP contribution in [0, 0.1) is 21.4 Å². The van der Waals surface area contributed by atoms with E-state index in [2.05, 4.69) is 10.6 Å². The molecule has 21 heavy (non-hydrogen) atoms. The molecule has 0 spiro atoms. The zero-order valence-electron chi connectivity index (χ0n) is 11.6. The van der Waals surface area contributed by atoms with Crippen molar-refractivity contribution in [3.8, 4) is 11.8 Å². The highest BCUT2D eigenvalue weighted by atomic mass is 16.6. The SMILES string of the molecule is CCNCc1cc([N+](=O)[O-])ccc1OCC(=O)NCC#N. The van der Waals surface area contributed by atoms with E-state index in [1.54, 1.807) is 6.07 Å². The molecule has 0 fully saturated rings. The Kier molecular flexibility index (Phi) is 6.63. The van der Waals surface area contributed by atoms with E-state index in [1.807, 2.05) is 6.92 Å². The van der Waals surface area contributed by atoms with Gasteiger partial charge in [0.2, 0.25) is 0 Å². The van der Waals surface area contributed by atoms with Crippen LogP contribution in [0.5, 0.6) is 5.75 Å². The molecule has 0 heterocycles. The van der Waals surface area contributed by atoms with Crippen LogP contribution in [0.3, 0.4) is 0 Å². The number of rotatable bonds is 8. The molecular formula is C13H16N4O4. The lowest BCUT2D eigenvalue weighted by Gasteiger charge is -2.11. The first-order chi connectivity index (χ1) is 10.1. The van der Waals surface area contributed by atoms with Crippen LogP contribution in [0.1, 0.15) is 12.5 Å². The first-order valence-corrected chi connectivity index (χ1v) is 6.33. The van der Waals surface area contributed by atoms with Gasteiger partial charge >= 0.3 is 0 Å². The number of non-ortho nitro benzene ring substituents is 1. The molecule has 0 aliphatic heterocycles. The molecule has 0 saturated carbocycles. The van der Waals surface area contributed by atoms with Gasteiger partial charge in [-0.3, -0.25) is 14.9 Å². The van der Waals surface area contributed by atoms with Crippen LogP contribution in [-0.2, 0) is 11.3 Å². The number of amides is 1. The normalized spacial score (nSPS) is 9.71. The summed E-state index contributed by atoms with van der Waals surface area (Å²) in [7, 11) is 0. The van der Waals surface area contributed by atoms with Gasteiger partial charge in [0, 0.05) is 24.2 Å². The van der Waals surface area contributed by atoms with Crippen molar-refractivity contribution in [1.29, 1.82) is 5.26 Å². The third kappa shape index (κ3) is 5.46. The Morgan fingerprint density at radius 3 is 2.90 bits per heavy atom. The lowest BCUT2D eigenvalue weighted by molar-refractivity contribution is -0.384. The minimum Gasteiger partial charge on any atom is -0.483 e. The number of nitriles is 1. The van der Waals surface area contributed by atoms with Gasteiger partial charge in [0.1, 0.15) is 12.3 Å². The second-order valence-electron chi connectivity index (χ2n) is 4.05. The highest BCUT2D eigenvalue weighted by Gasteiger charge is 2.12. The molecule has 0 bridgehead atoms. The quantitative estimate of drug-likeness (QED) is 0.414. The number of hydrogen-bond donors (Lipinski definition) is 2. The molecule has 0 atom stereocenters. The molecule has 2 N–H and O–H groups in total. The molecule has 1 aromatic rings. The number of ether oxygens (including phenoxy) is 1. The Labute approximate surface area is 121 Å². The predicted molar refractivity (Wildman–Crippen MR) is 74.6 cm³/mol. The molecule has 1 amide bonds. The summed E-state index contributed by atoms with van der Waals surface area (Å²) in [5.74, 6) is -0.0297.